The van der Waals surface area contributed by atoms with Crippen LogP contribution in [0.25, 0.3) is 0 Å². The van der Waals surface area contributed by atoms with Crippen molar-refractivity contribution in [2.75, 3.05) is 6.54 Å². The molecule has 5 nitrogen and oxygen atoms in total. The van der Waals surface area contributed by atoms with Crippen molar-refractivity contribution in [1.82, 2.24) is 4.90 Å². The third-order valence-corrected chi connectivity index (χ3v) is 6.78. The second-order valence-corrected chi connectivity index (χ2v) is 9.36. The minimum absolute atomic E-state index is 0.109. The van der Waals surface area contributed by atoms with Crippen LogP contribution in [-0.2, 0) is 17.6 Å². The van der Waals surface area contributed by atoms with Crippen LogP contribution < -0.4 is 0 Å². The Morgan fingerprint density at radius 2 is 2.00 bits per heavy atom. The van der Waals surface area contributed by atoms with Gasteiger partial charge in [-0.15, -0.1) is 11.3 Å². The molecule has 1 fully saturated rings. The van der Waals surface area contributed by atoms with Crippen LogP contribution in [0.1, 0.15) is 39.9 Å². The van der Waals surface area contributed by atoms with Crippen LogP contribution in [0.3, 0.4) is 0 Å². The van der Waals surface area contributed by atoms with E-state index in [2.05, 4.69) is 0 Å². The number of aliphatic hydroxyl groups is 1. The Bertz CT molecular complexity index is 960. The fraction of sp³-hybridized carbons (Fsp3) is 0.417. The van der Waals surface area contributed by atoms with Gasteiger partial charge in [0.2, 0.25) is 0 Å². The molecule has 1 aromatic heterocycles. The topological polar surface area (TPSA) is 77.8 Å². The Balaban J connectivity index is 1.59. The summed E-state index contributed by atoms with van der Waals surface area (Å²) in [6.45, 7) is 2.03. The molecular formula is C24H27F2NO4S. The molecule has 0 spiro atoms. The molecule has 2 N–H and O–H groups in total. The standard InChI is InChI=1S/C24H27F2NO4S/c1-16(14-17-6-3-2-4-7-17)20(28)11-9-18-15-24(25,26)23(31)27(18)13-5-8-19-10-12-21(32-19)22(29)30/h2-4,6-7,9-12,16,18,20,28H,5,8,13-15H2,1H3,(H,29,30)/b11-9+/t16-,18?,20-/m0/s1. The Morgan fingerprint density at radius 3 is 2.66 bits per heavy atom. The van der Waals surface area contributed by atoms with Crippen LogP contribution in [0.2, 0.25) is 0 Å². The number of amides is 1. The number of carboxylic acids is 1. The van der Waals surface area contributed by atoms with Gasteiger partial charge in [-0.25, -0.2) is 4.79 Å². The third-order valence-electron chi connectivity index (χ3n) is 5.65. The van der Waals surface area contributed by atoms with Crippen LogP contribution in [0.4, 0.5) is 8.78 Å². The van der Waals surface area contributed by atoms with Crippen molar-refractivity contribution in [2.24, 2.45) is 5.92 Å². The van der Waals surface area contributed by atoms with Gasteiger partial charge in [-0.3, -0.25) is 4.79 Å². The lowest BCUT2D eigenvalue weighted by molar-refractivity contribution is -0.148. The van der Waals surface area contributed by atoms with Crippen molar-refractivity contribution >= 4 is 23.2 Å². The fourth-order valence-electron chi connectivity index (χ4n) is 3.85. The SMILES string of the molecule is C[C@@H](Cc1ccccc1)[C@@H](O)/C=C/C1CC(F)(F)C(=O)N1CCCc1ccc(C(=O)O)s1. The van der Waals surface area contributed by atoms with E-state index in [1.807, 2.05) is 37.3 Å². The predicted molar refractivity (Wildman–Crippen MR) is 119 cm³/mol. The lowest BCUT2D eigenvalue weighted by atomic mass is 9.95. The normalized spacial score (nSPS) is 20.1. The molecule has 3 atom stereocenters. The van der Waals surface area contributed by atoms with E-state index in [0.717, 1.165) is 26.7 Å². The summed E-state index contributed by atoms with van der Waals surface area (Å²) in [5, 5.41) is 19.5. The largest absolute Gasteiger partial charge is 0.477 e. The Morgan fingerprint density at radius 1 is 1.28 bits per heavy atom. The molecule has 1 aromatic carbocycles. The number of hydrogen-bond acceptors (Lipinski definition) is 4. The fourth-order valence-corrected chi connectivity index (χ4v) is 4.74. The number of carbonyl (C=O) groups excluding carboxylic acids is 1. The first kappa shape index (κ1) is 24.1. The monoisotopic (exact) mass is 463 g/mol. The van der Waals surface area contributed by atoms with Gasteiger partial charge in [-0.2, -0.15) is 8.78 Å². The van der Waals surface area contributed by atoms with Gasteiger partial charge in [0.15, 0.2) is 0 Å². The summed E-state index contributed by atoms with van der Waals surface area (Å²) in [7, 11) is 0. The highest BCUT2D eigenvalue weighted by molar-refractivity contribution is 7.13. The van der Waals surface area contributed by atoms with Gasteiger partial charge in [0.25, 0.3) is 5.91 Å². The number of halogens is 2. The number of thiophene rings is 1. The van der Waals surface area contributed by atoms with Crippen LogP contribution in [-0.4, -0.2) is 51.6 Å². The molecule has 32 heavy (non-hydrogen) atoms. The molecule has 2 heterocycles. The molecule has 8 heteroatoms. The summed E-state index contributed by atoms with van der Waals surface area (Å²) in [5.74, 6) is -5.73. The number of nitrogens with zero attached hydrogens (tertiary/aromatic N) is 1. The lowest BCUT2D eigenvalue weighted by Gasteiger charge is -2.22. The molecule has 1 saturated heterocycles. The maximum Gasteiger partial charge on any atom is 0.345 e. The molecule has 1 amide bonds. The van der Waals surface area contributed by atoms with E-state index < -0.39 is 36.4 Å². The lowest BCUT2D eigenvalue weighted by Crippen LogP contribution is -2.37. The zero-order valence-electron chi connectivity index (χ0n) is 17.8. The highest BCUT2D eigenvalue weighted by Crippen LogP contribution is 2.34. The molecule has 1 aliphatic heterocycles. The summed E-state index contributed by atoms with van der Waals surface area (Å²) in [6, 6.07) is 12.1. The van der Waals surface area contributed by atoms with Crippen LogP contribution in [0, 0.1) is 5.92 Å². The Hall–Kier alpha value is -2.58. The molecule has 172 valence electrons. The zero-order chi connectivity index (χ0) is 23.3. The zero-order valence-corrected chi connectivity index (χ0v) is 18.6. The summed E-state index contributed by atoms with van der Waals surface area (Å²) in [4.78, 5) is 25.4. The second kappa shape index (κ2) is 10.4. The average Bonchev–Trinajstić information content (AvgIpc) is 3.31. The minimum atomic E-state index is -3.42. The van der Waals surface area contributed by atoms with Crippen molar-refractivity contribution in [3.05, 3.63) is 69.9 Å². The van der Waals surface area contributed by atoms with E-state index in [9.17, 15) is 23.5 Å². The van der Waals surface area contributed by atoms with Gasteiger partial charge < -0.3 is 15.1 Å². The summed E-state index contributed by atoms with van der Waals surface area (Å²) < 4.78 is 28.2. The number of hydrogen-bond donors (Lipinski definition) is 2. The highest BCUT2D eigenvalue weighted by Gasteiger charge is 2.52. The van der Waals surface area contributed by atoms with Gasteiger partial charge in [0.05, 0.1) is 12.1 Å². The number of benzene rings is 1. The molecular weight excluding hydrogens is 436 g/mol. The van der Waals surface area contributed by atoms with Gasteiger partial charge in [0.1, 0.15) is 4.88 Å². The number of aryl methyl sites for hydroxylation is 1. The maximum absolute atomic E-state index is 14.1. The van der Waals surface area contributed by atoms with E-state index >= 15 is 0 Å². The van der Waals surface area contributed by atoms with Crippen molar-refractivity contribution in [3.8, 4) is 0 Å². The molecule has 1 unspecified atom stereocenters. The molecule has 1 aliphatic rings. The quantitative estimate of drug-likeness (QED) is 0.512. The van der Waals surface area contributed by atoms with Crippen LogP contribution >= 0.6 is 11.3 Å². The molecule has 0 saturated carbocycles. The molecule has 0 aliphatic carbocycles. The molecule has 0 radical (unpaired) electrons. The van der Waals surface area contributed by atoms with E-state index in [-0.39, 0.29) is 17.3 Å². The first-order chi connectivity index (χ1) is 15.2. The Kier molecular flexibility index (Phi) is 7.79. The molecule has 3 rings (SSSR count). The first-order valence-electron chi connectivity index (χ1n) is 10.6. The van der Waals surface area contributed by atoms with Crippen LogP contribution in [0.5, 0.6) is 0 Å². The summed E-state index contributed by atoms with van der Waals surface area (Å²) >= 11 is 1.14. The van der Waals surface area contributed by atoms with Gasteiger partial charge in [-0.05, 0) is 42.9 Å². The van der Waals surface area contributed by atoms with Gasteiger partial charge in [0, 0.05) is 17.8 Å². The van der Waals surface area contributed by atoms with E-state index in [0.29, 0.717) is 19.3 Å². The number of alkyl halides is 2. The van der Waals surface area contributed by atoms with Crippen molar-refractivity contribution in [2.45, 2.75) is 50.7 Å². The number of carbonyl (C=O) groups is 2. The number of likely N-dealkylation sites (tertiary alicyclic amines) is 1. The van der Waals surface area contributed by atoms with Crippen molar-refractivity contribution in [1.29, 1.82) is 0 Å². The van der Waals surface area contributed by atoms with Gasteiger partial charge in [-0.1, -0.05) is 49.4 Å². The van der Waals surface area contributed by atoms with Gasteiger partial charge >= 0.3 is 11.9 Å². The predicted octanol–water partition coefficient (Wildman–Crippen LogP) is 4.41. The van der Waals surface area contributed by atoms with Crippen molar-refractivity contribution in [3.63, 3.8) is 0 Å². The second-order valence-electron chi connectivity index (χ2n) is 8.19. The van der Waals surface area contributed by atoms with Crippen molar-refractivity contribution < 1.29 is 28.6 Å². The molecule has 2 aromatic rings. The number of aromatic carboxylic acids is 1. The summed E-state index contributed by atoms with van der Waals surface area (Å²) in [5.41, 5.74) is 1.08. The number of aliphatic hydroxyl groups excluding tert-OH is 1. The first-order valence-corrected chi connectivity index (χ1v) is 11.4. The maximum atomic E-state index is 14.1. The average molecular weight is 464 g/mol. The summed E-state index contributed by atoms with van der Waals surface area (Å²) in [6.07, 6.45) is 3.19. The third kappa shape index (κ3) is 6.01. The van der Waals surface area contributed by atoms with E-state index in [4.69, 9.17) is 5.11 Å². The number of rotatable bonds is 10. The highest BCUT2D eigenvalue weighted by atomic mass is 32.1. The molecule has 0 bridgehead atoms. The van der Waals surface area contributed by atoms with E-state index in [1.165, 1.54) is 18.2 Å². The minimum Gasteiger partial charge on any atom is -0.477 e. The number of carboxylic acid groups (broad SMARTS) is 1. The Labute approximate surface area is 190 Å². The van der Waals surface area contributed by atoms with Crippen LogP contribution in [0.15, 0.2) is 54.6 Å². The smallest absolute Gasteiger partial charge is 0.345 e. The van der Waals surface area contributed by atoms with E-state index in [1.54, 1.807) is 6.07 Å².